The van der Waals surface area contributed by atoms with Crippen LogP contribution >= 0.6 is 0 Å². The average molecular weight is 275 g/mol. The van der Waals surface area contributed by atoms with Crippen molar-refractivity contribution in [3.63, 3.8) is 0 Å². The van der Waals surface area contributed by atoms with E-state index in [2.05, 4.69) is 16.0 Å². The van der Waals surface area contributed by atoms with Crippen molar-refractivity contribution in [2.75, 3.05) is 19.6 Å². The van der Waals surface area contributed by atoms with Crippen molar-refractivity contribution < 1.29 is 9.59 Å². The van der Waals surface area contributed by atoms with Crippen LogP contribution in [-0.4, -0.2) is 31.4 Å². The summed E-state index contributed by atoms with van der Waals surface area (Å²) < 4.78 is 0. The molecule has 0 aromatic heterocycles. The van der Waals surface area contributed by atoms with Crippen LogP contribution in [0.2, 0.25) is 0 Å². The fourth-order valence-corrected chi connectivity index (χ4v) is 2.25. The molecular weight excluding hydrogens is 254 g/mol. The molecule has 20 heavy (non-hydrogen) atoms. The SMILES string of the molecule is O=C(CNC(=O)[C@@H]1CCCNC1)NCc1ccccc1. The van der Waals surface area contributed by atoms with E-state index in [-0.39, 0.29) is 24.3 Å². The average Bonchev–Trinajstić information content (AvgIpc) is 2.52. The van der Waals surface area contributed by atoms with E-state index in [4.69, 9.17) is 0 Å². The van der Waals surface area contributed by atoms with Crippen LogP contribution < -0.4 is 16.0 Å². The van der Waals surface area contributed by atoms with Gasteiger partial charge in [-0.05, 0) is 24.9 Å². The Morgan fingerprint density at radius 3 is 2.70 bits per heavy atom. The van der Waals surface area contributed by atoms with Crippen molar-refractivity contribution in [2.45, 2.75) is 19.4 Å². The summed E-state index contributed by atoms with van der Waals surface area (Å²) in [5.41, 5.74) is 1.05. The summed E-state index contributed by atoms with van der Waals surface area (Å²) in [6.45, 7) is 2.21. The van der Waals surface area contributed by atoms with Gasteiger partial charge in [0.1, 0.15) is 0 Å². The van der Waals surface area contributed by atoms with Gasteiger partial charge in [-0.1, -0.05) is 30.3 Å². The molecule has 0 aliphatic carbocycles. The minimum Gasteiger partial charge on any atom is -0.350 e. The fourth-order valence-electron chi connectivity index (χ4n) is 2.25. The third-order valence-electron chi connectivity index (χ3n) is 3.42. The zero-order chi connectivity index (χ0) is 14.2. The number of carbonyl (C=O) groups excluding carboxylic acids is 2. The Bertz CT molecular complexity index is 442. The second kappa shape index (κ2) is 7.65. The molecule has 1 heterocycles. The molecule has 1 fully saturated rings. The number of piperidine rings is 1. The van der Waals surface area contributed by atoms with E-state index >= 15 is 0 Å². The first kappa shape index (κ1) is 14.5. The van der Waals surface area contributed by atoms with E-state index in [1.165, 1.54) is 0 Å². The lowest BCUT2D eigenvalue weighted by atomic mass is 9.99. The molecule has 5 heteroatoms. The highest BCUT2D eigenvalue weighted by molar-refractivity contribution is 5.85. The molecule has 1 aromatic carbocycles. The normalized spacial score (nSPS) is 18.3. The summed E-state index contributed by atoms with van der Waals surface area (Å²) in [6, 6.07) is 9.70. The molecule has 0 saturated carbocycles. The van der Waals surface area contributed by atoms with Crippen LogP contribution in [0.4, 0.5) is 0 Å². The molecule has 2 rings (SSSR count). The van der Waals surface area contributed by atoms with E-state index in [1.54, 1.807) is 0 Å². The van der Waals surface area contributed by atoms with Gasteiger partial charge < -0.3 is 16.0 Å². The molecule has 1 aromatic rings. The fraction of sp³-hybridized carbons (Fsp3) is 0.467. The predicted molar refractivity (Wildman–Crippen MR) is 76.9 cm³/mol. The van der Waals surface area contributed by atoms with E-state index in [0.29, 0.717) is 13.1 Å². The molecule has 1 aliphatic heterocycles. The zero-order valence-electron chi connectivity index (χ0n) is 11.5. The number of carbonyl (C=O) groups is 2. The third kappa shape index (κ3) is 4.66. The lowest BCUT2D eigenvalue weighted by Crippen LogP contribution is -2.44. The van der Waals surface area contributed by atoms with E-state index in [1.807, 2.05) is 30.3 Å². The molecule has 108 valence electrons. The molecule has 0 unspecified atom stereocenters. The topological polar surface area (TPSA) is 70.2 Å². The highest BCUT2D eigenvalue weighted by atomic mass is 16.2. The number of rotatable bonds is 5. The van der Waals surface area contributed by atoms with Crippen LogP contribution in [0.1, 0.15) is 18.4 Å². The summed E-state index contributed by atoms with van der Waals surface area (Å²) in [7, 11) is 0. The van der Waals surface area contributed by atoms with Crippen LogP contribution in [0, 0.1) is 5.92 Å². The van der Waals surface area contributed by atoms with Crippen LogP contribution in [0.5, 0.6) is 0 Å². The van der Waals surface area contributed by atoms with Crippen molar-refractivity contribution in [2.24, 2.45) is 5.92 Å². The minimum atomic E-state index is -0.161. The predicted octanol–water partition coefficient (Wildman–Crippen LogP) is 0.419. The van der Waals surface area contributed by atoms with Gasteiger partial charge in [0.05, 0.1) is 12.5 Å². The minimum absolute atomic E-state index is 0.00864. The van der Waals surface area contributed by atoms with Crippen molar-refractivity contribution in [3.05, 3.63) is 35.9 Å². The lowest BCUT2D eigenvalue weighted by molar-refractivity contribution is -0.129. The summed E-state index contributed by atoms with van der Waals surface area (Å²) in [5.74, 6) is -0.205. The van der Waals surface area contributed by atoms with Crippen molar-refractivity contribution in [1.29, 1.82) is 0 Å². The molecule has 3 N–H and O–H groups in total. The Labute approximate surface area is 119 Å². The Balaban J connectivity index is 1.65. The van der Waals surface area contributed by atoms with Crippen LogP contribution in [0.3, 0.4) is 0 Å². The first-order valence-corrected chi connectivity index (χ1v) is 7.05. The number of amides is 2. The van der Waals surface area contributed by atoms with E-state index < -0.39 is 0 Å². The maximum absolute atomic E-state index is 11.8. The zero-order valence-corrected chi connectivity index (χ0v) is 11.5. The first-order valence-electron chi connectivity index (χ1n) is 7.05. The maximum Gasteiger partial charge on any atom is 0.239 e. The van der Waals surface area contributed by atoms with Crippen molar-refractivity contribution >= 4 is 11.8 Å². The van der Waals surface area contributed by atoms with Gasteiger partial charge in [-0.3, -0.25) is 9.59 Å². The Hall–Kier alpha value is -1.88. The Morgan fingerprint density at radius 2 is 2.00 bits per heavy atom. The molecule has 0 bridgehead atoms. The van der Waals surface area contributed by atoms with Crippen molar-refractivity contribution in [1.82, 2.24) is 16.0 Å². The quantitative estimate of drug-likeness (QED) is 0.729. The molecule has 0 radical (unpaired) electrons. The standard InChI is InChI=1S/C15H21N3O2/c19-14(17-9-12-5-2-1-3-6-12)11-18-15(20)13-7-4-8-16-10-13/h1-3,5-6,13,16H,4,7-11H2,(H,17,19)(H,18,20)/t13-/m1/s1. The number of nitrogens with one attached hydrogen (secondary N) is 3. The number of hydrogen-bond donors (Lipinski definition) is 3. The van der Waals surface area contributed by atoms with Gasteiger partial charge in [0.15, 0.2) is 0 Å². The molecule has 5 nitrogen and oxygen atoms in total. The van der Waals surface area contributed by atoms with Gasteiger partial charge >= 0.3 is 0 Å². The maximum atomic E-state index is 11.8. The summed E-state index contributed by atoms with van der Waals surface area (Å²) in [6.07, 6.45) is 1.91. The number of hydrogen-bond acceptors (Lipinski definition) is 3. The molecule has 1 aliphatic rings. The van der Waals surface area contributed by atoms with Gasteiger partial charge in [0.2, 0.25) is 11.8 Å². The van der Waals surface area contributed by atoms with Gasteiger partial charge in [-0.2, -0.15) is 0 Å². The molecule has 1 saturated heterocycles. The smallest absolute Gasteiger partial charge is 0.239 e. The molecule has 0 spiro atoms. The molecular formula is C15H21N3O2. The lowest BCUT2D eigenvalue weighted by Gasteiger charge is -2.21. The van der Waals surface area contributed by atoms with Crippen molar-refractivity contribution in [3.8, 4) is 0 Å². The van der Waals surface area contributed by atoms with E-state index in [0.717, 1.165) is 24.9 Å². The highest BCUT2D eigenvalue weighted by Gasteiger charge is 2.20. The Morgan fingerprint density at radius 1 is 1.20 bits per heavy atom. The van der Waals surface area contributed by atoms with Gasteiger partial charge in [0, 0.05) is 13.1 Å². The van der Waals surface area contributed by atoms with Crippen LogP contribution in [-0.2, 0) is 16.1 Å². The second-order valence-corrected chi connectivity index (χ2v) is 5.02. The highest BCUT2D eigenvalue weighted by Crippen LogP contribution is 2.09. The van der Waals surface area contributed by atoms with Crippen LogP contribution in [0.15, 0.2) is 30.3 Å². The molecule has 1 atom stereocenters. The summed E-state index contributed by atoms with van der Waals surface area (Å²) >= 11 is 0. The van der Waals surface area contributed by atoms with Crippen LogP contribution in [0.25, 0.3) is 0 Å². The van der Waals surface area contributed by atoms with E-state index in [9.17, 15) is 9.59 Å². The molecule has 2 amide bonds. The largest absolute Gasteiger partial charge is 0.350 e. The van der Waals surface area contributed by atoms with Gasteiger partial charge in [-0.25, -0.2) is 0 Å². The first-order chi connectivity index (χ1) is 9.75. The summed E-state index contributed by atoms with van der Waals surface area (Å²) in [5, 5.41) is 8.67. The monoisotopic (exact) mass is 275 g/mol. The third-order valence-corrected chi connectivity index (χ3v) is 3.42. The number of benzene rings is 1. The second-order valence-electron chi connectivity index (χ2n) is 5.02. The Kier molecular flexibility index (Phi) is 5.55. The summed E-state index contributed by atoms with van der Waals surface area (Å²) in [4.78, 5) is 23.5. The van der Waals surface area contributed by atoms with Gasteiger partial charge in [-0.15, -0.1) is 0 Å². The van der Waals surface area contributed by atoms with Gasteiger partial charge in [0.25, 0.3) is 0 Å².